The molecule has 2 aromatic carbocycles. The topological polar surface area (TPSA) is 104 Å². The fraction of sp³-hybridized carbons (Fsp3) is 0.579. The molecule has 10 nitrogen and oxygen atoms in total. The molecule has 8 rings (SSSR count). The Morgan fingerprint density at radius 2 is 1.69 bits per heavy atom. The summed E-state index contributed by atoms with van der Waals surface area (Å²) >= 11 is 0. The van der Waals surface area contributed by atoms with E-state index >= 15 is 4.79 Å². The van der Waals surface area contributed by atoms with Crippen molar-refractivity contribution in [1.29, 1.82) is 0 Å². The molecule has 262 valence electrons. The minimum atomic E-state index is -3.99. The van der Waals surface area contributed by atoms with Gasteiger partial charge in [0.25, 0.3) is 5.91 Å². The van der Waals surface area contributed by atoms with Gasteiger partial charge in [0.1, 0.15) is 5.75 Å². The van der Waals surface area contributed by atoms with Crippen molar-refractivity contribution < 1.29 is 22.7 Å². The van der Waals surface area contributed by atoms with Gasteiger partial charge < -0.3 is 19.1 Å². The number of fused-ring (bicyclic) bond motifs is 9. The Labute approximate surface area is 289 Å². The van der Waals surface area contributed by atoms with E-state index in [9.17, 15) is 13.2 Å². The summed E-state index contributed by atoms with van der Waals surface area (Å²) in [6, 6.07) is 12.5. The molecule has 0 radical (unpaired) electrons. The highest BCUT2D eigenvalue weighted by atomic mass is 32.2. The van der Waals surface area contributed by atoms with Crippen LogP contribution < -0.4 is 9.46 Å². The highest BCUT2D eigenvalue weighted by Crippen LogP contribution is 2.66. The van der Waals surface area contributed by atoms with E-state index in [0.29, 0.717) is 18.0 Å². The third-order valence-electron chi connectivity index (χ3n) is 12.4. The minimum absolute atomic E-state index is 0.0732. The average Bonchev–Trinajstić information content (AvgIpc) is 3.68. The summed E-state index contributed by atoms with van der Waals surface area (Å²) in [4.78, 5) is 33.2. The SMILES string of the molecule is CCN(CC)S(=O)(=O)NC(=O)c1ccc2c(C3CCCCC3)c3n(c2c1)CC1(C(=O)N2C4CCC2CN(C)C4)CC1c1cc(OC)ccc1-3. The van der Waals surface area contributed by atoms with Gasteiger partial charge in [-0.05, 0) is 86.5 Å². The van der Waals surface area contributed by atoms with Gasteiger partial charge in [0.2, 0.25) is 5.91 Å². The molecule has 4 unspecified atom stereocenters. The van der Waals surface area contributed by atoms with Crippen LogP contribution in [0.5, 0.6) is 5.75 Å². The Bertz CT molecular complexity index is 1920. The van der Waals surface area contributed by atoms with Crippen LogP contribution in [0.15, 0.2) is 36.4 Å². The summed E-state index contributed by atoms with van der Waals surface area (Å²) in [7, 11) is -0.132. The molecule has 4 fully saturated rings. The molecule has 2 saturated heterocycles. The maximum Gasteiger partial charge on any atom is 0.304 e. The third kappa shape index (κ3) is 5.21. The van der Waals surface area contributed by atoms with Crippen LogP contribution in [-0.4, -0.2) is 91.3 Å². The second-order valence-corrected chi connectivity index (χ2v) is 16.8. The Morgan fingerprint density at radius 3 is 2.37 bits per heavy atom. The van der Waals surface area contributed by atoms with Gasteiger partial charge in [-0.1, -0.05) is 39.2 Å². The van der Waals surface area contributed by atoms with E-state index in [4.69, 9.17) is 4.74 Å². The molecule has 0 spiro atoms. The molecule has 5 aliphatic rings. The summed E-state index contributed by atoms with van der Waals surface area (Å²) in [5.74, 6) is 0.846. The molecule has 4 heterocycles. The van der Waals surface area contributed by atoms with Gasteiger partial charge in [-0.25, -0.2) is 4.72 Å². The Morgan fingerprint density at radius 1 is 0.980 bits per heavy atom. The number of nitrogens with zero attached hydrogens (tertiary/aromatic N) is 4. The number of amides is 2. The molecule has 2 bridgehead atoms. The van der Waals surface area contributed by atoms with Gasteiger partial charge >= 0.3 is 10.2 Å². The molecule has 3 aromatic rings. The van der Waals surface area contributed by atoms with Gasteiger partial charge in [-0.15, -0.1) is 0 Å². The molecule has 4 atom stereocenters. The smallest absolute Gasteiger partial charge is 0.304 e. The van der Waals surface area contributed by atoms with Gasteiger partial charge in [0, 0.05) is 72.8 Å². The lowest BCUT2D eigenvalue weighted by molar-refractivity contribution is -0.143. The van der Waals surface area contributed by atoms with Crippen molar-refractivity contribution in [3.05, 3.63) is 53.1 Å². The molecule has 2 aliphatic carbocycles. The van der Waals surface area contributed by atoms with E-state index in [1.165, 1.54) is 34.7 Å². The molecular formula is C38H49N5O5S. The molecule has 3 aliphatic heterocycles. The number of hydrogen-bond acceptors (Lipinski definition) is 6. The van der Waals surface area contributed by atoms with Crippen LogP contribution in [0.1, 0.15) is 98.5 Å². The quantitative estimate of drug-likeness (QED) is 0.337. The monoisotopic (exact) mass is 687 g/mol. The number of likely N-dealkylation sites (N-methyl/N-ethyl adjacent to an activating group) is 1. The number of benzene rings is 2. The van der Waals surface area contributed by atoms with Crippen LogP contribution in [0.25, 0.3) is 22.2 Å². The molecule has 1 N–H and O–H groups in total. The van der Waals surface area contributed by atoms with Crippen LogP contribution in [0.2, 0.25) is 0 Å². The molecule has 11 heteroatoms. The number of aromatic nitrogens is 1. The highest BCUT2D eigenvalue weighted by molar-refractivity contribution is 7.87. The fourth-order valence-corrected chi connectivity index (χ4v) is 11.1. The lowest BCUT2D eigenvalue weighted by Gasteiger charge is -2.41. The van der Waals surface area contributed by atoms with Crippen molar-refractivity contribution in [3.8, 4) is 17.0 Å². The molecule has 49 heavy (non-hydrogen) atoms. The van der Waals surface area contributed by atoms with Crippen LogP contribution >= 0.6 is 0 Å². The number of hydrogen-bond donors (Lipinski definition) is 1. The third-order valence-corrected chi connectivity index (χ3v) is 14.0. The number of methoxy groups -OCH3 is 1. The van der Waals surface area contributed by atoms with Crippen LogP contribution in [-0.2, 0) is 21.5 Å². The average molecular weight is 688 g/mol. The van der Waals surface area contributed by atoms with Crippen molar-refractivity contribution >= 4 is 32.9 Å². The van der Waals surface area contributed by atoms with Crippen molar-refractivity contribution in [2.45, 2.75) is 95.7 Å². The minimum Gasteiger partial charge on any atom is -0.497 e. The Hall–Kier alpha value is -3.41. The zero-order chi connectivity index (χ0) is 34.2. The molecule has 2 amide bonds. The van der Waals surface area contributed by atoms with Crippen molar-refractivity contribution in [2.75, 3.05) is 40.3 Å². The number of likely N-dealkylation sites (tertiary alicyclic amines) is 1. The summed E-state index contributed by atoms with van der Waals surface area (Å²) in [5, 5.41) is 1.09. The number of ether oxygens (including phenoxy) is 1. The standard InChI is InChI=1S/C38H49N5O5S/c1-5-41(6-2)49(46,47)39-36(44)25-12-16-30-33(18-25)42-23-38(37(45)43-26-13-14-27(43)22-40(3)21-26)20-32(38)31-19-28(48-4)15-17-29(31)35(42)34(30)24-10-8-7-9-11-24/h12,15-19,24,26-27,32H,5-11,13-14,20-23H2,1-4H3,(H,39,44). The lowest BCUT2D eigenvalue weighted by atomic mass is 9.81. The van der Waals surface area contributed by atoms with Gasteiger partial charge in [-0.3, -0.25) is 9.59 Å². The molecule has 1 aromatic heterocycles. The van der Waals surface area contributed by atoms with E-state index in [1.54, 1.807) is 27.0 Å². The number of carbonyl (C=O) groups is 2. The van der Waals surface area contributed by atoms with E-state index in [1.807, 2.05) is 18.2 Å². The van der Waals surface area contributed by atoms with Gasteiger partial charge in [-0.2, -0.15) is 12.7 Å². The van der Waals surface area contributed by atoms with Crippen molar-refractivity contribution in [2.24, 2.45) is 5.41 Å². The first kappa shape index (κ1) is 32.8. The normalized spacial score (nSPS) is 26.6. The summed E-state index contributed by atoms with van der Waals surface area (Å²) in [6.45, 7) is 6.39. The predicted molar refractivity (Wildman–Crippen MR) is 190 cm³/mol. The van der Waals surface area contributed by atoms with E-state index in [-0.39, 0.29) is 37.0 Å². The second-order valence-electron chi connectivity index (χ2n) is 15.1. The Kier molecular flexibility index (Phi) is 8.11. The van der Waals surface area contributed by atoms with Gasteiger partial charge in [0.05, 0.1) is 18.2 Å². The van der Waals surface area contributed by atoms with Crippen LogP contribution in [0.3, 0.4) is 0 Å². The molecular weight excluding hydrogens is 639 g/mol. The van der Waals surface area contributed by atoms with Crippen LogP contribution in [0, 0.1) is 5.41 Å². The maximum absolute atomic E-state index is 15.0. The van der Waals surface area contributed by atoms with Crippen LogP contribution in [0.4, 0.5) is 0 Å². The summed E-state index contributed by atoms with van der Waals surface area (Å²) in [6.07, 6.45) is 8.64. The van der Waals surface area contributed by atoms with E-state index in [2.05, 4.69) is 38.3 Å². The van der Waals surface area contributed by atoms with E-state index in [0.717, 1.165) is 73.1 Å². The first-order chi connectivity index (χ1) is 23.6. The second kappa shape index (κ2) is 12.1. The number of nitrogens with one attached hydrogen (secondary N) is 1. The molecule has 2 saturated carbocycles. The summed E-state index contributed by atoms with van der Waals surface area (Å²) in [5.41, 5.74) is 5.36. The fourth-order valence-electron chi connectivity index (χ4n) is 9.93. The lowest BCUT2D eigenvalue weighted by Crippen LogP contribution is -2.57. The van der Waals surface area contributed by atoms with Crippen molar-refractivity contribution in [3.63, 3.8) is 0 Å². The summed E-state index contributed by atoms with van der Waals surface area (Å²) < 4.78 is 37.7. The number of piperazine rings is 1. The Balaban J connectivity index is 1.30. The first-order valence-electron chi connectivity index (χ1n) is 18.3. The zero-order valence-electron chi connectivity index (χ0n) is 29.2. The zero-order valence-corrected chi connectivity index (χ0v) is 30.0. The number of rotatable bonds is 8. The van der Waals surface area contributed by atoms with Gasteiger partial charge in [0.15, 0.2) is 0 Å². The highest BCUT2D eigenvalue weighted by Gasteiger charge is 2.65. The number of carbonyl (C=O) groups excluding carboxylic acids is 2. The van der Waals surface area contributed by atoms with E-state index < -0.39 is 21.5 Å². The largest absolute Gasteiger partial charge is 0.497 e. The maximum atomic E-state index is 15.0. The first-order valence-corrected chi connectivity index (χ1v) is 19.7. The predicted octanol–water partition coefficient (Wildman–Crippen LogP) is 5.47. The van der Waals surface area contributed by atoms with Crippen molar-refractivity contribution in [1.82, 2.24) is 23.4 Å².